The van der Waals surface area contributed by atoms with Crippen LogP contribution in [0.5, 0.6) is 0 Å². The van der Waals surface area contributed by atoms with E-state index in [1.165, 1.54) is 0 Å². The molecule has 2 heterocycles. The van der Waals surface area contributed by atoms with Gasteiger partial charge in [0.2, 0.25) is 0 Å². The minimum absolute atomic E-state index is 0.235. The van der Waals surface area contributed by atoms with Crippen LogP contribution in [-0.2, 0) is 16.4 Å². The molecule has 0 aromatic carbocycles. The lowest BCUT2D eigenvalue weighted by atomic mass is 10.0. The molecular formula is C10H14ClNO2S2. The molecule has 0 spiro atoms. The lowest BCUT2D eigenvalue weighted by molar-refractivity contribution is 0.397. The van der Waals surface area contributed by atoms with Crippen LogP contribution in [-0.4, -0.2) is 25.5 Å². The molecule has 1 unspecified atom stereocenters. The molecule has 0 bridgehead atoms. The molecule has 0 amide bonds. The highest BCUT2D eigenvalue weighted by Gasteiger charge is 2.37. The maximum Gasteiger partial charge on any atom is 0.152 e. The standard InChI is InChI=1S/C10H14ClNO2S2/c1-10(2-3-16(13,14)7-10)12-5-9-4-8(11)6-15-9/h4,6,12H,2-3,5,7H2,1H3. The Morgan fingerprint density at radius 2 is 2.38 bits per heavy atom. The van der Waals surface area contributed by atoms with E-state index in [0.717, 1.165) is 9.90 Å². The third kappa shape index (κ3) is 2.97. The van der Waals surface area contributed by atoms with E-state index in [0.29, 0.717) is 18.7 Å². The first-order valence-electron chi connectivity index (χ1n) is 5.07. The van der Waals surface area contributed by atoms with Crippen molar-refractivity contribution in [3.63, 3.8) is 0 Å². The Labute approximate surface area is 105 Å². The molecule has 3 nitrogen and oxygen atoms in total. The van der Waals surface area contributed by atoms with Crippen molar-refractivity contribution >= 4 is 32.8 Å². The van der Waals surface area contributed by atoms with E-state index in [2.05, 4.69) is 5.32 Å². The van der Waals surface area contributed by atoms with Crippen molar-refractivity contribution in [2.75, 3.05) is 11.5 Å². The summed E-state index contributed by atoms with van der Waals surface area (Å²) in [7, 11) is -2.84. The summed E-state index contributed by atoms with van der Waals surface area (Å²) in [6.45, 7) is 2.65. The van der Waals surface area contributed by atoms with Crippen molar-refractivity contribution in [2.24, 2.45) is 0 Å². The predicted molar refractivity (Wildman–Crippen MR) is 67.8 cm³/mol. The quantitative estimate of drug-likeness (QED) is 0.921. The SMILES string of the molecule is CC1(NCc2cc(Cl)cs2)CCS(=O)(=O)C1. The summed E-state index contributed by atoms with van der Waals surface area (Å²) in [5.41, 5.74) is -0.282. The van der Waals surface area contributed by atoms with E-state index < -0.39 is 9.84 Å². The maximum atomic E-state index is 11.4. The molecule has 0 saturated carbocycles. The Morgan fingerprint density at radius 1 is 1.62 bits per heavy atom. The number of hydrogen-bond donors (Lipinski definition) is 1. The summed E-state index contributed by atoms with van der Waals surface area (Å²) in [5, 5.41) is 5.94. The van der Waals surface area contributed by atoms with Crippen molar-refractivity contribution in [3.05, 3.63) is 21.3 Å². The van der Waals surface area contributed by atoms with Gasteiger partial charge in [0.05, 0.1) is 16.5 Å². The predicted octanol–water partition coefficient (Wildman–Crippen LogP) is 2.07. The molecule has 1 saturated heterocycles. The molecule has 16 heavy (non-hydrogen) atoms. The summed E-state index contributed by atoms with van der Waals surface area (Å²) < 4.78 is 22.8. The van der Waals surface area contributed by atoms with Crippen molar-refractivity contribution < 1.29 is 8.42 Å². The summed E-state index contributed by atoms with van der Waals surface area (Å²) in [4.78, 5) is 1.13. The van der Waals surface area contributed by atoms with Crippen LogP contribution in [0.1, 0.15) is 18.2 Å². The van der Waals surface area contributed by atoms with Gasteiger partial charge in [-0.25, -0.2) is 8.42 Å². The zero-order chi connectivity index (χ0) is 11.8. The lowest BCUT2D eigenvalue weighted by Gasteiger charge is -2.23. The first kappa shape index (κ1) is 12.4. The Kier molecular flexibility index (Phi) is 3.32. The van der Waals surface area contributed by atoms with E-state index in [9.17, 15) is 8.42 Å². The van der Waals surface area contributed by atoms with E-state index in [1.54, 1.807) is 11.3 Å². The van der Waals surface area contributed by atoms with Crippen molar-refractivity contribution in [1.29, 1.82) is 0 Å². The number of sulfone groups is 1. The van der Waals surface area contributed by atoms with Crippen LogP contribution in [0.3, 0.4) is 0 Å². The Balaban J connectivity index is 1.96. The van der Waals surface area contributed by atoms with Crippen molar-refractivity contribution in [2.45, 2.75) is 25.4 Å². The van der Waals surface area contributed by atoms with Crippen LogP contribution in [0.25, 0.3) is 0 Å². The second kappa shape index (κ2) is 4.29. The molecule has 1 N–H and O–H groups in total. The minimum atomic E-state index is -2.84. The molecule has 1 aliphatic heterocycles. The Morgan fingerprint density at radius 3 is 2.88 bits per heavy atom. The van der Waals surface area contributed by atoms with Crippen LogP contribution in [0, 0.1) is 0 Å². The minimum Gasteiger partial charge on any atom is -0.306 e. The number of thiophene rings is 1. The highest BCUT2D eigenvalue weighted by atomic mass is 35.5. The molecule has 6 heteroatoms. The Bertz CT molecular complexity index is 483. The van der Waals surface area contributed by atoms with Gasteiger partial charge in [-0.3, -0.25) is 0 Å². The highest BCUT2D eigenvalue weighted by Crippen LogP contribution is 2.25. The average Bonchev–Trinajstić information content (AvgIpc) is 2.69. The summed E-state index contributed by atoms with van der Waals surface area (Å²) >= 11 is 7.41. The summed E-state index contributed by atoms with van der Waals surface area (Å²) in [6, 6.07) is 1.91. The van der Waals surface area contributed by atoms with Crippen molar-refractivity contribution in [1.82, 2.24) is 5.32 Å². The van der Waals surface area contributed by atoms with E-state index in [4.69, 9.17) is 11.6 Å². The fraction of sp³-hybridized carbons (Fsp3) is 0.600. The van der Waals surface area contributed by atoms with Gasteiger partial charge in [0, 0.05) is 22.3 Å². The summed E-state index contributed by atoms with van der Waals surface area (Å²) in [5.74, 6) is 0.529. The molecule has 1 aliphatic rings. The van der Waals surface area contributed by atoms with Gasteiger partial charge in [0.1, 0.15) is 0 Å². The van der Waals surface area contributed by atoms with E-state index in [-0.39, 0.29) is 11.3 Å². The number of halogens is 1. The van der Waals surface area contributed by atoms with Gasteiger partial charge in [0.25, 0.3) is 0 Å². The zero-order valence-electron chi connectivity index (χ0n) is 8.99. The molecule has 1 aromatic heterocycles. The van der Waals surface area contributed by atoms with E-state index >= 15 is 0 Å². The smallest absolute Gasteiger partial charge is 0.152 e. The first-order chi connectivity index (χ1) is 7.39. The maximum absolute atomic E-state index is 11.4. The lowest BCUT2D eigenvalue weighted by Crippen LogP contribution is -2.42. The van der Waals surface area contributed by atoms with Gasteiger partial charge < -0.3 is 5.32 Å². The molecule has 0 radical (unpaired) electrons. The topological polar surface area (TPSA) is 46.2 Å². The zero-order valence-corrected chi connectivity index (χ0v) is 11.4. The molecule has 1 atom stereocenters. The fourth-order valence-electron chi connectivity index (χ4n) is 1.90. The van der Waals surface area contributed by atoms with Crippen LogP contribution >= 0.6 is 22.9 Å². The molecule has 2 rings (SSSR count). The molecule has 0 aliphatic carbocycles. The number of nitrogens with one attached hydrogen (secondary N) is 1. The second-order valence-electron chi connectivity index (χ2n) is 4.49. The van der Waals surface area contributed by atoms with Gasteiger partial charge in [-0.1, -0.05) is 11.6 Å². The average molecular weight is 280 g/mol. The fourth-order valence-corrected chi connectivity index (χ4v) is 5.03. The monoisotopic (exact) mass is 279 g/mol. The first-order valence-corrected chi connectivity index (χ1v) is 8.15. The van der Waals surface area contributed by atoms with Gasteiger partial charge in [-0.15, -0.1) is 11.3 Å². The van der Waals surface area contributed by atoms with Gasteiger partial charge in [-0.05, 0) is 19.4 Å². The second-order valence-corrected chi connectivity index (χ2v) is 8.10. The van der Waals surface area contributed by atoms with Gasteiger partial charge in [-0.2, -0.15) is 0 Å². The molecule has 1 aromatic rings. The normalized spacial score (nSPS) is 28.4. The van der Waals surface area contributed by atoms with E-state index in [1.807, 2.05) is 18.4 Å². The van der Waals surface area contributed by atoms with Crippen LogP contribution in [0.4, 0.5) is 0 Å². The van der Waals surface area contributed by atoms with Crippen LogP contribution < -0.4 is 5.32 Å². The summed E-state index contributed by atoms with van der Waals surface area (Å²) in [6.07, 6.45) is 0.689. The molecule has 1 fully saturated rings. The number of rotatable bonds is 3. The van der Waals surface area contributed by atoms with Crippen molar-refractivity contribution in [3.8, 4) is 0 Å². The largest absolute Gasteiger partial charge is 0.306 e. The Hall–Kier alpha value is -0.100. The highest BCUT2D eigenvalue weighted by molar-refractivity contribution is 7.91. The molecule has 90 valence electrons. The third-order valence-electron chi connectivity index (χ3n) is 2.81. The number of hydrogen-bond acceptors (Lipinski definition) is 4. The van der Waals surface area contributed by atoms with Gasteiger partial charge in [0.15, 0.2) is 9.84 Å². The molecular weight excluding hydrogens is 266 g/mol. The van der Waals surface area contributed by atoms with Crippen LogP contribution in [0.2, 0.25) is 5.02 Å². The van der Waals surface area contributed by atoms with Gasteiger partial charge >= 0.3 is 0 Å². The third-order valence-corrected chi connectivity index (χ3v) is 6.00. The van der Waals surface area contributed by atoms with Crippen LogP contribution in [0.15, 0.2) is 11.4 Å².